The minimum Gasteiger partial charge on any atom is -0.353 e. The minimum absolute atomic E-state index is 0.241. The normalized spacial score (nSPS) is 30.2. The predicted molar refractivity (Wildman–Crippen MR) is 78.1 cm³/mol. The van der Waals surface area contributed by atoms with Crippen molar-refractivity contribution in [2.75, 3.05) is 19.6 Å². The summed E-state index contributed by atoms with van der Waals surface area (Å²) in [5.41, 5.74) is 0. The fraction of sp³-hybridized carbons (Fsp3) is 0.933. The van der Waals surface area contributed by atoms with E-state index in [1.165, 1.54) is 32.1 Å². The summed E-state index contributed by atoms with van der Waals surface area (Å²) in [6.07, 6.45) is 6.88. The van der Waals surface area contributed by atoms with Gasteiger partial charge in [-0.25, -0.2) is 0 Å². The van der Waals surface area contributed by atoms with Crippen LogP contribution in [0.5, 0.6) is 0 Å². The van der Waals surface area contributed by atoms with Gasteiger partial charge in [-0.2, -0.15) is 0 Å². The second kappa shape index (κ2) is 7.25. The second-order valence-electron chi connectivity index (χ2n) is 6.38. The summed E-state index contributed by atoms with van der Waals surface area (Å²) >= 11 is 0. The molecule has 0 spiro atoms. The highest BCUT2D eigenvalue weighted by atomic mass is 16.1. The predicted octanol–water partition coefficient (Wildman–Crippen LogP) is 1.51. The van der Waals surface area contributed by atoms with E-state index in [1.54, 1.807) is 0 Å². The average Bonchev–Trinajstić information content (AvgIpc) is 2.36. The molecule has 0 bridgehead atoms. The summed E-state index contributed by atoms with van der Waals surface area (Å²) in [4.78, 5) is 14.4. The van der Waals surface area contributed by atoms with E-state index in [4.69, 9.17) is 0 Å². The molecule has 1 aliphatic heterocycles. The lowest BCUT2D eigenvalue weighted by Crippen LogP contribution is -2.54. The first-order valence-electron chi connectivity index (χ1n) is 7.91. The first-order valence-corrected chi connectivity index (χ1v) is 7.91. The summed E-state index contributed by atoms with van der Waals surface area (Å²) in [7, 11) is 0. The van der Waals surface area contributed by atoms with Gasteiger partial charge in [0, 0.05) is 44.2 Å². The molecule has 19 heavy (non-hydrogen) atoms. The van der Waals surface area contributed by atoms with Crippen molar-refractivity contribution in [3.8, 4) is 0 Å². The van der Waals surface area contributed by atoms with Crippen LogP contribution in [0, 0.1) is 0 Å². The maximum Gasteiger partial charge on any atom is 0.221 e. The molecule has 0 aromatic carbocycles. The van der Waals surface area contributed by atoms with Gasteiger partial charge in [-0.3, -0.25) is 9.69 Å². The van der Waals surface area contributed by atoms with Crippen LogP contribution in [0.25, 0.3) is 0 Å². The molecule has 4 heteroatoms. The molecule has 2 unspecified atom stereocenters. The molecule has 2 atom stereocenters. The summed E-state index contributed by atoms with van der Waals surface area (Å²) < 4.78 is 0. The van der Waals surface area contributed by atoms with Crippen LogP contribution in [0.2, 0.25) is 0 Å². The molecule has 1 amide bonds. The quantitative estimate of drug-likeness (QED) is 0.811. The first-order chi connectivity index (χ1) is 9.13. The van der Waals surface area contributed by atoms with Gasteiger partial charge in [-0.15, -0.1) is 0 Å². The number of carbonyl (C=O) groups is 1. The summed E-state index contributed by atoms with van der Waals surface area (Å²) in [5, 5.41) is 6.72. The van der Waals surface area contributed by atoms with E-state index in [-0.39, 0.29) is 5.91 Å². The van der Waals surface area contributed by atoms with Crippen molar-refractivity contribution < 1.29 is 4.79 Å². The van der Waals surface area contributed by atoms with Gasteiger partial charge in [-0.1, -0.05) is 19.3 Å². The van der Waals surface area contributed by atoms with Gasteiger partial charge < -0.3 is 10.6 Å². The fourth-order valence-corrected chi connectivity index (χ4v) is 3.43. The number of piperazine rings is 1. The molecule has 4 nitrogen and oxygen atoms in total. The highest BCUT2D eigenvalue weighted by Crippen LogP contribution is 2.17. The topological polar surface area (TPSA) is 44.4 Å². The van der Waals surface area contributed by atoms with E-state index in [0.717, 1.165) is 19.6 Å². The molecule has 0 radical (unpaired) electrons. The van der Waals surface area contributed by atoms with Crippen molar-refractivity contribution in [2.24, 2.45) is 0 Å². The first kappa shape index (κ1) is 14.8. The maximum atomic E-state index is 12.0. The number of amides is 1. The Hall–Kier alpha value is -0.610. The van der Waals surface area contributed by atoms with Crippen molar-refractivity contribution >= 4 is 5.91 Å². The third-order valence-corrected chi connectivity index (χ3v) is 4.26. The van der Waals surface area contributed by atoms with Gasteiger partial charge in [0.15, 0.2) is 0 Å². The Morgan fingerprint density at radius 3 is 2.42 bits per heavy atom. The Morgan fingerprint density at radius 1 is 1.16 bits per heavy atom. The van der Waals surface area contributed by atoms with E-state index in [1.807, 2.05) is 0 Å². The van der Waals surface area contributed by atoms with Crippen LogP contribution in [0.15, 0.2) is 0 Å². The Bertz CT molecular complexity index is 279. The van der Waals surface area contributed by atoms with Crippen LogP contribution in [-0.2, 0) is 4.79 Å². The standard InChI is InChI=1S/C15H29N3O/c1-12-10-18(11-13(2)16-12)9-8-15(19)17-14-6-4-3-5-7-14/h12-14,16H,3-11H2,1-2H3,(H,17,19). The Balaban J connectivity index is 1.65. The van der Waals surface area contributed by atoms with E-state index >= 15 is 0 Å². The lowest BCUT2D eigenvalue weighted by Gasteiger charge is -2.36. The highest BCUT2D eigenvalue weighted by Gasteiger charge is 2.21. The van der Waals surface area contributed by atoms with Gasteiger partial charge in [0.05, 0.1) is 0 Å². The van der Waals surface area contributed by atoms with Gasteiger partial charge in [0.25, 0.3) is 0 Å². The van der Waals surface area contributed by atoms with Crippen molar-refractivity contribution in [3.05, 3.63) is 0 Å². The molecule has 2 rings (SSSR count). The van der Waals surface area contributed by atoms with Crippen LogP contribution in [0.3, 0.4) is 0 Å². The summed E-state index contributed by atoms with van der Waals surface area (Å²) in [6.45, 7) is 7.44. The van der Waals surface area contributed by atoms with Gasteiger partial charge >= 0.3 is 0 Å². The number of nitrogens with one attached hydrogen (secondary N) is 2. The smallest absolute Gasteiger partial charge is 0.221 e. The Morgan fingerprint density at radius 2 is 1.79 bits per heavy atom. The van der Waals surface area contributed by atoms with Crippen molar-refractivity contribution in [2.45, 2.75) is 70.5 Å². The molecule has 1 heterocycles. The fourth-order valence-electron chi connectivity index (χ4n) is 3.43. The van der Waals surface area contributed by atoms with Gasteiger partial charge in [0.1, 0.15) is 0 Å². The average molecular weight is 267 g/mol. The van der Waals surface area contributed by atoms with Crippen LogP contribution < -0.4 is 10.6 Å². The molecule has 2 aliphatic rings. The monoisotopic (exact) mass is 267 g/mol. The molecule has 0 aromatic heterocycles. The van der Waals surface area contributed by atoms with E-state index in [2.05, 4.69) is 29.4 Å². The van der Waals surface area contributed by atoms with E-state index in [9.17, 15) is 4.79 Å². The Labute approximate surface area is 117 Å². The van der Waals surface area contributed by atoms with Crippen molar-refractivity contribution in [3.63, 3.8) is 0 Å². The molecule has 2 fully saturated rings. The lowest BCUT2D eigenvalue weighted by atomic mass is 9.95. The zero-order valence-electron chi connectivity index (χ0n) is 12.5. The summed E-state index contributed by atoms with van der Waals surface area (Å²) in [5.74, 6) is 0.241. The van der Waals surface area contributed by atoms with Crippen LogP contribution in [0.4, 0.5) is 0 Å². The molecule has 1 aliphatic carbocycles. The molecule has 1 saturated carbocycles. The SMILES string of the molecule is CC1CN(CCC(=O)NC2CCCCC2)CC(C)N1. The number of hydrogen-bond acceptors (Lipinski definition) is 3. The number of hydrogen-bond donors (Lipinski definition) is 2. The largest absolute Gasteiger partial charge is 0.353 e. The van der Waals surface area contributed by atoms with E-state index in [0.29, 0.717) is 24.5 Å². The van der Waals surface area contributed by atoms with E-state index < -0.39 is 0 Å². The lowest BCUT2D eigenvalue weighted by molar-refractivity contribution is -0.122. The van der Waals surface area contributed by atoms with Crippen LogP contribution >= 0.6 is 0 Å². The van der Waals surface area contributed by atoms with Gasteiger partial charge in [0.2, 0.25) is 5.91 Å². The Kier molecular flexibility index (Phi) is 5.64. The van der Waals surface area contributed by atoms with Gasteiger partial charge in [-0.05, 0) is 26.7 Å². The minimum atomic E-state index is 0.241. The third kappa shape index (κ3) is 5.11. The van der Waals surface area contributed by atoms with Crippen LogP contribution in [-0.4, -0.2) is 48.6 Å². The molecule has 1 saturated heterocycles. The zero-order valence-corrected chi connectivity index (χ0v) is 12.5. The molecular weight excluding hydrogens is 238 g/mol. The summed E-state index contributed by atoms with van der Waals surface area (Å²) in [6, 6.07) is 1.51. The zero-order chi connectivity index (χ0) is 13.7. The third-order valence-electron chi connectivity index (χ3n) is 4.26. The number of carbonyl (C=O) groups excluding carboxylic acids is 1. The number of rotatable bonds is 4. The van der Waals surface area contributed by atoms with Crippen LogP contribution in [0.1, 0.15) is 52.4 Å². The molecule has 110 valence electrons. The second-order valence-corrected chi connectivity index (χ2v) is 6.38. The highest BCUT2D eigenvalue weighted by molar-refractivity contribution is 5.76. The van der Waals surface area contributed by atoms with Crippen molar-refractivity contribution in [1.82, 2.24) is 15.5 Å². The number of nitrogens with zero attached hydrogens (tertiary/aromatic N) is 1. The molecule has 0 aromatic rings. The van der Waals surface area contributed by atoms with Crippen molar-refractivity contribution in [1.29, 1.82) is 0 Å². The maximum absolute atomic E-state index is 12.0. The molecular formula is C15H29N3O. The molecule has 2 N–H and O–H groups in total.